The van der Waals surface area contributed by atoms with Crippen LogP contribution >= 0.6 is 0 Å². The average molecular weight is 250 g/mol. The molecular formula is C14H20NO3+. The highest BCUT2D eigenvalue weighted by atomic mass is 16.7. The van der Waals surface area contributed by atoms with Crippen LogP contribution < -0.4 is 0 Å². The molecule has 2 atom stereocenters. The Bertz CT molecular complexity index is 379. The SMILES string of the molecule is C#[N+]OC(=O)CC1=CC=CC(CCCCC)C1O. The van der Waals surface area contributed by atoms with Gasteiger partial charge in [-0.05, 0) is 12.0 Å². The van der Waals surface area contributed by atoms with Crippen LogP contribution in [0.2, 0.25) is 0 Å². The molecule has 0 saturated carbocycles. The standard InChI is InChI=1S/C14H20NO3/c1-3-4-5-7-11-8-6-9-12(14(11)17)10-13(16)18-15-2/h2,6,8-9,11,14,17H,3-5,7,10H2,1H3/q+1. The van der Waals surface area contributed by atoms with Gasteiger partial charge in [0.2, 0.25) is 5.01 Å². The predicted molar refractivity (Wildman–Crippen MR) is 69.9 cm³/mol. The van der Waals surface area contributed by atoms with Crippen molar-refractivity contribution in [1.82, 2.24) is 0 Å². The number of allylic oxidation sites excluding steroid dienone is 2. The highest BCUT2D eigenvalue weighted by molar-refractivity contribution is 5.73. The smallest absolute Gasteiger partial charge is 0.388 e. The van der Waals surface area contributed by atoms with Crippen molar-refractivity contribution >= 4 is 5.97 Å². The maximum Gasteiger partial charge on any atom is 0.403 e. The first-order chi connectivity index (χ1) is 8.69. The molecule has 0 aromatic heterocycles. The number of carbonyl (C=O) groups excluding carboxylic acids is 1. The number of hydrogen-bond acceptors (Lipinski definition) is 3. The van der Waals surface area contributed by atoms with E-state index in [1.807, 2.05) is 12.2 Å². The van der Waals surface area contributed by atoms with Crippen LogP contribution in [0.4, 0.5) is 0 Å². The molecule has 0 aliphatic heterocycles. The quantitative estimate of drug-likeness (QED) is 0.582. The maximum absolute atomic E-state index is 11.3. The van der Waals surface area contributed by atoms with Gasteiger partial charge in [0.25, 0.3) is 0 Å². The lowest BCUT2D eigenvalue weighted by Crippen LogP contribution is -2.25. The summed E-state index contributed by atoms with van der Waals surface area (Å²) in [6, 6.07) is 0. The Labute approximate surface area is 108 Å². The van der Waals surface area contributed by atoms with Crippen LogP contribution in [0, 0.1) is 12.5 Å². The Morgan fingerprint density at radius 3 is 3.00 bits per heavy atom. The number of nitrogens with zero attached hydrogens (tertiary/aromatic N) is 1. The van der Waals surface area contributed by atoms with Gasteiger partial charge in [-0.25, -0.2) is 4.79 Å². The maximum atomic E-state index is 11.3. The fraction of sp³-hybridized carbons (Fsp3) is 0.571. The first kappa shape index (κ1) is 14.5. The number of unbranched alkanes of at least 4 members (excludes halogenated alkanes) is 2. The van der Waals surface area contributed by atoms with Gasteiger partial charge in [-0.3, -0.25) is 0 Å². The molecule has 0 fully saturated rings. The third-order valence-electron chi connectivity index (χ3n) is 3.10. The summed E-state index contributed by atoms with van der Waals surface area (Å²) in [5.41, 5.74) is 0.660. The summed E-state index contributed by atoms with van der Waals surface area (Å²) >= 11 is 0. The van der Waals surface area contributed by atoms with Crippen LogP contribution in [-0.2, 0) is 9.63 Å². The summed E-state index contributed by atoms with van der Waals surface area (Å²) in [7, 11) is 0. The fourth-order valence-corrected chi connectivity index (χ4v) is 2.11. The van der Waals surface area contributed by atoms with Crippen molar-refractivity contribution in [2.45, 2.75) is 45.1 Å². The van der Waals surface area contributed by atoms with Crippen molar-refractivity contribution in [3.63, 3.8) is 0 Å². The van der Waals surface area contributed by atoms with Crippen LogP contribution in [-0.4, -0.2) is 17.2 Å². The molecule has 0 aromatic rings. The summed E-state index contributed by atoms with van der Waals surface area (Å²) in [5, 5.41) is 13.0. The lowest BCUT2D eigenvalue weighted by molar-refractivity contribution is -0.137. The molecular weight excluding hydrogens is 230 g/mol. The van der Waals surface area contributed by atoms with E-state index in [4.69, 9.17) is 6.57 Å². The molecule has 0 amide bonds. The van der Waals surface area contributed by atoms with Crippen molar-refractivity contribution in [3.8, 4) is 6.57 Å². The Kier molecular flexibility index (Phi) is 6.16. The molecule has 4 nitrogen and oxygen atoms in total. The van der Waals surface area contributed by atoms with E-state index >= 15 is 0 Å². The molecule has 0 bridgehead atoms. The van der Waals surface area contributed by atoms with Gasteiger partial charge in [-0.2, -0.15) is 0 Å². The van der Waals surface area contributed by atoms with Crippen molar-refractivity contribution in [2.75, 3.05) is 0 Å². The van der Waals surface area contributed by atoms with Crippen molar-refractivity contribution in [1.29, 1.82) is 0 Å². The second kappa shape index (κ2) is 7.67. The van der Waals surface area contributed by atoms with E-state index in [0.717, 1.165) is 25.7 Å². The number of aliphatic hydroxyl groups is 1. The molecule has 0 aromatic carbocycles. The highest BCUT2D eigenvalue weighted by Gasteiger charge is 2.25. The number of aliphatic hydroxyl groups excluding tert-OH is 1. The summed E-state index contributed by atoms with van der Waals surface area (Å²) < 4.78 is 0. The lowest BCUT2D eigenvalue weighted by Gasteiger charge is -2.24. The molecule has 2 unspecified atom stereocenters. The van der Waals surface area contributed by atoms with Gasteiger partial charge in [-0.1, -0.05) is 49.3 Å². The Morgan fingerprint density at radius 1 is 1.56 bits per heavy atom. The third-order valence-corrected chi connectivity index (χ3v) is 3.10. The van der Waals surface area contributed by atoms with Crippen LogP contribution in [0.3, 0.4) is 0 Å². The minimum absolute atomic E-state index is 0.0243. The summed E-state index contributed by atoms with van der Waals surface area (Å²) in [4.78, 5) is 15.6. The predicted octanol–water partition coefficient (Wildman–Crippen LogP) is 2.85. The molecule has 1 aliphatic rings. The lowest BCUT2D eigenvalue weighted by atomic mass is 9.86. The van der Waals surface area contributed by atoms with Gasteiger partial charge in [0.15, 0.2) is 0 Å². The molecule has 0 spiro atoms. The zero-order valence-electron chi connectivity index (χ0n) is 10.7. The first-order valence-corrected chi connectivity index (χ1v) is 6.34. The number of carbonyl (C=O) groups is 1. The third kappa shape index (κ3) is 4.34. The molecule has 98 valence electrons. The van der Waals surface area contributed by atoms with E-state index in [2.05, 4.69) is 16.8 Å². The average Bonchev–Trinajstić information content (AvgIpc) is 2.34. The van der Waals surface area contributed by atoms with Gasteiger partial charge in [0.1, 0.15) is 0 Å². The van der Waals surface area contributed by atoms with E-state index < -0.39 is 12.1 Å². The molecule has 0 radical (unpaired) electrons. The molecule has 0 saturated heterocycles. The largest absolute Gasteiger partial charge is 0.403 e. The van der Waals surface area contributed by atoms with Crippen LogP contribution in [0.1, 0.15) is 39.0 Å². The zero-order chi connectivity index (χ0) is 13.4. The normalized spacial score (nSPS) is 22.2. The second-order valence-electron chi connectivity index (χ2n) is 4.48. The summed E-state index contributed by atoms with van der Waals surface area (Å²) in [6.45, 7) is 6.91. The van der Waals surface area contributed by atoms with Crippen molar-refractivity contribution < 1.29 is 14.7 Å². The number of hydrogen-bond donors (Lipinski definition) is 1. The van der Waals surface area contributed by atoms with Gasteiger partial charge in [0.05, 0.1) is 12.5 Å². The molecule has 1 N–H and O–H groups in total. The van der Waals surface area contributed by atoms with Gasteiger partial charge in [-0.15, -0.1) is 0 Å². The van der Waals surface area contributed by atoms with Crippen LogP contribution in [0.15, 0.2) is 23.8 Å². The van der Waals surface area contributed by atoms with Crippen molar-refractivity contribution in [2.24, 2.45) is 5.92 Å². The van der Waals surface area contributed by atoms with Gasteiger partial charge >= 0.3 is 12.5 Å². The second-order valence-corrected chi connectivity index (χ2v) is 4.48. The monoisotopic (exact) mass is 250 g/mol. The highest BCUT2D eigenvalue weighted by Crippen LogP contribution is 2.26. The fourth-order valence-electron chi connectivity index (χ4n) is 2.11. The summed E-state index contributed by atoms with van der Waals surface area (Å²) in [6.07, 6.45) is 9.35. The summed E-state index contributed by atoms with van der Waals surface area (Å²) in [5.74, 6) is -0.468. The molecule has 0 heterocycles. The molecule has 1 rings (SSSR count). The number of rotatable bonds is 6. The van der Waals surface area contributed by atoms with E-state index in [-0.39, 0.29) is 12.3 Å². The van der Waals surface area contributed by atoms with Gasteiger partial charge < -0.3 is 5.11 Å². The van der Waals surface area contributed by atoms with Crippen LogP contribution in [0.25, 0.3) is 5.01 Å². The van der Waals surface area contributed by atoms with Crippen molar-refractivity contribution in [3.05, 3.63) is 28.8 Å². The Balaban J connectivity index is 2.50. The van der Waals surface area contributed by atoms with E-state index in [0.29, 0.717) is 5.57 Å². The minimum Gasteiger partial charge on any atom is -0.388 e. The van der Waals surface area contributed by atoms with E-state index in [1.54, 1.807) is 6.08 Å². The molecule has 18 heavy (non-hydrogen) atoms. The van der Waals surface area contributed by atoms with E-state index in [1.165, 1.54) is 0 Å². The minimum atomic E-state index is -0.614. The Morgan fingerprint density at radius 2 is 2.33 bits per heavy atom. The molecule has 1 aliphatic carbocycles. The van der Waals surface area contributed by atoms with E-state index in [9.17, 15) is 9.90 Å². The van der Waals surface area contributed by atoms with Gasteiger partial charge in [0, 0.05) is 5.92 Å². The topological polar surface area (TPSA) is 50.9 Å². The van der Waals surface area contributed by atoms with Crippen LogP contribution in [0.5, 0.6) is 0 Å². The Hall–Kier alpha value is -1.60. The first-order valence-electron chi connectivity index (χ1n) is 6.34. The zero-order valence-corrected chi connectivity index (χ0v) is 10.7. The molecule has 4 heteroatoms.